The first-order valence-corrected chi connectivity index (χ1v) is 6.20. The lowest BCUT2D eigenvalue weighted by molar-refractivity contribution is 0.339. The molecule has 0 bridgehead atoms. The summed E-state index contributed by atoms with van der Waals surface area (Å²) in [4.78, 5) is 0. The van der Waals surface area contributed by atoms with Gasteiger partial charge < -0.3 is 10.5 Å². The molecule has 2 heteroatoms. The summed E-state index contributed by atoms with van der Waals surface area (Å²) in [6, 6.07) is 8.83. The maximum atomic E-state index is 6.07. The molecule has 1 saturated carbocycles. The van der Waals surface area contributed by atoms with E-state index >= 15 is 0 Å². The van der Waals surface area contributed by atoms with Crippen molar-refractivity contribution in [3.05, 3.63) is 29.8 Å². The van der Waals surface area contributed by atoms with Crippen LogP contribution in [-0.4, -0.2) is 12.6 Å². The highest BCUT2D eigenvalue weighted by molar-refractivity contribution is 5.32. The van der Waals surface area contributed by atoms with E-state index in [0.29, 0.717) is 17.9 Å². The number of rotatable bonds is 3. The highest BCUT2D eigenvalue weighted by atomic mass is 16.5. The Bertz CT molecular complexity index is 350. The first kappa shape index (κ1) is 11.5. The van der Waals surface area contributed by atoms with Crippen molar-refractivity contribution in [2.45, 2.75) is 38.6 Å². The molecule has 1 aliphatic carbocycles. The van der Waals surface area contributed by atoms with Crippen molar-refractivity contribution in [1.82, 2.24) is 0 Å². The summed E-state index contributed by atoms with van der Waals surface area (Å²) in [5.74, 6) is 2.17. The standard InChI is InChI=1S/C14H21NO/c1-3-16-12-6-4-5-11(9-12)13-7-8-14(15)10(13)2/h4-6,9-10,13-14H,3,7-8,15H2,1-2H3. The van der Waals surface area contributed by atoms with Crippen molar-refractivity contribution in [2.75, 3.05) is 6.61 Å². The Labute approximate surface area is 97.8 Å². The third-order valence-electron chi connectivity index (χ3n) is 3.72. The van der Waals surface area contributed by atoms with E-state index in [-0.39, 0.29) is 0 Å². The van der Waals surface area contributed by atoms with Gasteiger partial charge in [-0.25, -0.2) is 0 Å². The molecule has 3 unspecified atom stereocenters. The second kappa shape index (κ2) is 4.88. The van der Waals surface area contributed by atoms with E-state index in [4.69, 9.17) is 10.5 Å². The van der Waals surface area contributed by atoms with E-state index < -0.39 is 0 Å². The fraction of sp³-hybridized carbons (Fsp3) is 0.571. The average Bonchev–Trinajstić information content (AvgIpc) is 2.61. The lowest BCUT2D eigenvalue weighted by Crippen LogP contribution is -2.24. The zero-order chi connectivity index (χ0) is 11.5. The van der Waals surface area contributed by atoms with Gasteiger partial charge in [-0.05, 0) is 49.3 Å². The van der Waals surface area contributed by atoms with Gasteiger partial charge in [0.15, 0.2) is 0 Å². The van der Waals surface area contributed by atoms with Crippen LogP contribution in [0.15, 0.2) is 24.3 Å². The number of nitrogens with two attached hydrogens (primary N) is 1. The SMILES string of the molecule is CCOc1cccc(C2CCC(N)C2C)c1. The Balaban J connectivity index is 2.17. The zero-order valence-corrected chi connectivity index (χ0v) is 10.1. The van der Waals surface area contributed by atoms with Gasteiger partial charge in [0.2, 0.25) is 0 Å². The van der Waals surface area contributed by atoms with Crippen molar-refractivity contribution < 1.29 is 4.74 Å². The van der Waals surface area contributed by atoms with Crippen LogP contribution < -0.4 is 10.5 Å². The molecule has 3 atom stereocenters. The van der Waals surface area contributed by atoms with Gasteiger partial charge in [-0.3, -0.25) is 0 Å². The third kappa shape index (κ3) is 2.22. The molecule has 0 aliphatic heterocycles. The molecule has 16 heavy (non-hydrogen) atoms. The van der Waals surface area contributed by atoms with Crippen LogP contribution >= 0.6 is 0 Å². The largest absolute Gasteiger partial charge is 0.494 e. The minimum absolute atomic E-state index is 0.362. The van der Waals surface area contributed by atoms with Crippen molar-refractivity contribution in [2.24, 2.45) is 11.7 Å². The van der Waals surface area contributed by atoms with Gasteiger partial charge >= 0.3 is 0 Å². The lowest BCUT2D eigenvalue weighted by Gasteiger charge is -2.19. The van der Waals surface area contributed by atoms with E-state index in [2.05, 4.69) is 25.1 Å². The third-order valence-corrected chi connectivity index (χ3v) is 3.72. The van der Waals surface area contributed by atoms with Gasteiger partial charge in [0.1, 0.15) is 5.75 Å². The summed E-state index contributed by atoms with van der Waals surface area (Å²) in [7, 11) is 0. The molecule has 1 fully saturated rings. The molecule has 0 heterocycles. The number of hydrogen-bond acceptors (Lipinski definition) is 2. The van der Waals surface area contributed by atoms with Crippen molar-refractivity contribution in [3.63, 3.8) is 0 Å². The highest BCUT2D eigenvalue weighted by Gasteiger charge is 2.31. The van der Waals surface area contributed by atoms with E-state index in [1.54, 1.807) is 0 Å². The van der Waals surface area contributed by atoms with Crippen LogP contribution in [0.25, 0.3) is 0 Å². The zero-order valence-electron chi connectivity index (χ0n) is 10.1. The van der Waals surface area contributed by atoms with Crippen LogP contribution in [0.1, 0.15) is 38.2 Å². The van der Waals surface area contributed by atoms with Crippen molar-refractivity contribution >= 4 is 0 Å². The Morgan fingerprint density at radius 2 is 2.19 bits per heavy atom. The van der Waals surface area contributed by atoms with E-state index in [1.165, 1.54) is 12.0 Å². The quantitative estimate of drug-likeness (QED) is 0.848. The molecule has 2 N–H and O–H groups in total. The summed E-state index contributed by atoms with van der Waals surface area (Å²) in [6.07, 6.45) is 2.35. The summed E-state index contributed by atoms with van der Waals surface area (Å²) in [5.41, 5.74) is 7.45. The lowest BCUT2D eigenvalue weighted by atomic mass is 9.89. The maximum Gasteiger partial charge on any atom is 0.119 e. The Hall–Kier alpha value is -1.02. The van der Waals surface area contributed by atoms with Crippen LogP contribution in [0, 0.1) is 5.92 Å². The number of benzene rings is 1. The Morgan fingerprint density at radius 1 is 1.38 bits per heavy atom. The summed E-state index contributed by atoms with van der Waals surface area (Å²) >= 11 is 0. The summed E-state index contributed by atoms with van der Waals surface area (Å²) in [6.45, 7) is 5.00. The molecule has 2 nitrogen and oxygen atoms in total. The molecule has 0 aromatic heterocycles. The minimum Gasteiger partial charge on any atom is -0.494 e. The number of hydrogen-bond donors (Lipinski definition) is 1. The second-order valence-electron chi connectivity index (χ2n) is 4.71. The van der Waals surface area contributed by atoms with Gasteiger partial charge in [0.05, 0.1) is 6.61 Å². The highest BCUT2D eigenvalue weighted by Crippen LogP contribution is 2.39. The fourth-order valence-corrected chi connectivity index (χ4v) is 2.67. The fourth-order valence-electron chi connectivity index (χ4n) is 2.67. The second-order valence-corrected chi connectivity index (χ2v) is 4.71. The Morgan fingerprint density at radius 3 is 2.81 bits per heavy atom. The molecule has 1 aromatic rings. The van der Waals surface area contributed by atoms with Gasteiger partial charge in [-0.15, -0.1) is 0 Å². The topological polar surface area (TPSA) is 35.2 Å². The summed E-state index contributed by atoms with van der Waals surface area (Å²) < 4.78 is 5.54. The van der Waals surface area contributed by atoms with Crippen molar-refractivity contribution in [3.8, 4) is 5.75 Å². The molecular formula is C14H21NO. The minimum atomic E-state index is 0.362. The van der Waals surface area contributed by atoms with Gasteiger partial charge in [0, 0.05) is 6.04 Å². The van der Waals surface area contributed by atoms with Gasteiger partial charge in [-0.1, -0.05) is 19.1 Å². The smallest absolute Gasteiger partial charge is 0.119 e. The monoisotopic (exact) mass is 219 g/mol. The number of ether oxygens (including phenoxy) is 1. The van der Waals surface area contributed by atoms with Crippen molar-refractivity contribution in [1.29, 1.82) is 0 Å². The van der Waals surface area contributed by atoms with E-state index in [1.807, 2.05) is 13.0 Å². The molecule has 1 aliphatic rings. The van der Waals surface area contributed by atoms with E-state index in [9.17, 15) is 0 Å². The molecule has 1 aromatic carbocycles. The van der Waals surface area contributed by atoms with Gasteiger partial charge in [0.25, 0.3) is 0 Å². The van der Waals surface area contributed by atoms with E-state index in [0.717, 1.165) is 18.8 Å². The van der Waals surface area contributed by atoms with Crippen LogP contribution in [0.3, 0.4) is 0 Å². The average molecular weight is 219 g/mol. The molecule has 88 valence electrons. The normalized spacial score (nSPS) is 29.3. The first-order valence-electron chi connectivity index (χ1n) is 6.20. The van der Waals surface area contributed by atoms with Crippen LogP contribution in [-0.2, 0) is 0 Å². The molecule has 0 spiro atoms. The van der Waals surface area contributed by atoms with Gasteiger partial charge in [-0.2, -0.15) is 0 Å². The maximum absolute atomic E-state index is 6.07. The molecule has 0 amide bonds. The Kier molecular flexibility index (Phi) is 3.49. The molecule has 0 radical (unpaired) electrons. The first-order chi connectivity index (χ1) is 7.72. The predicted octanol–water partition coefficient (Wildman–Crippen LogP) is 2.93. The van der Waals surface area contributed by atoms with Crippen LogP contribution in [0.5, 0.6) is 5.75 Å². The van der Waals surface area contributed by atoms with Crippen LogP contribution in [0.2, 0.25) is 0 Å². The molecule has 2 rings (SSSR count). The summed E-state index contributed by atoms with van der Waals surface area (Å²) in [5, 5.41) is 0. The van der Waals surface area contributed by atoms with Crippen LogP contribution in [0.4, 0.5) is 0 Å². The molecular weight excluding hydrogens is 198 g/mol. The predicted molar refractivity (Wildman–Crippen MR) is 66.7 cm³/mol. The molecule has 0 saturated heterocycles.